The van der Waals surface area contributed by atoms with Crippen molar-refractivity contribution in [1.29, 1.82) is 0 Å². The van der Waals surface area contributed by atoms with E-state index in [0.717, 1.165) is 5.56 Å². The molecule has 0 spiro atoms. The normalized spacial score (nSPS) is 11.1. The first-order chi connectivity index (χ1) is 6.63. The van der Waals surface area contributed by atoms with Gasteiger partial charge in [-0.1, -0.05) is 12.1 Å². The molecule has 0 fully saturated rings. The van der Waals surface area contributed by atoms with Crippen molar-refractivity contribution in [2.45, 2.75) is 6.92 Å². The number of hydrogen-bond acceptors (Lipinski definition) is 3. The van der Waals surface area contributed by atoms with Crippen molar-refractivity contribution in [1.82, 2.24) is 0 Å². The van der Waals surface area contributed by atoms with Crippen LogP contribution in [0, 0.1) is 0 Å². The summed E-state index contributed by atoms with van der Waals surface area (Å²) < 4.78 is 4.55. The first-order valence-corrected chi connectivity index (χ1v) is 4.19. The van der Waals surface area contributed by atoms with Crippen LogP contribution in [0.1, 0.15) is 12.5 Å². The van der Waals surface area contributed by atoms with Gasteiger partial charge < -0.3 is 9.84 Å². The molecule has 0 aliphatic carbocycles. The molecule has 0 saturated carbocycles. The summed E-state index contributed by atoms with van der Waals surface area (Å²) in [5.41, 5.74) is 1.38. The van der Waals surface area contributed by atoms with Crippen LogP contribution in [-0.4, -0.2) is 18.2 Å². The zero-order valence-corrected chi connectivity index (χ0v) is 8.15. The summed E-state index contributed by atoms with van der Waals surface area (Å²) in [6.45, 7) is 1.68. The van der Waals surface area contributed by atoms with Gasteiger partial charge in [0.1, 0.15) is 5.75 Å². The lowest BCUT2D eigenvalue weighted by Crippen LogP contribution is -2.00. The quantitative estimate of drug-likeness (QED) is 0.575. The molecule has 1 aromatic carbocycles. The second-order valence-electron chi connectivity index (χ2n) is 2.91. The summed E-state index contributed by atoms with van der Waals surface area (Å²) in [5.74, 6) is -0.143. The van der Waals surface area contributed by atoms with Crippen molar-refractivity contribution in [3.05, 3.63) is 35.4 Å². The van der Waals surface area contributed by atoms with E-state index >= 15 is 0 Å². The Morgan fingerprint density at radius 1 is 1.36 bits per heavy atom. The zero-order valence-electron chi connectivity index (χ0n) is 8.15. The fraction of sp³-hybridized carbons (Fsp3) is 0.182. The molecular weight excluding hydrogens is 180 g/mol. The van der Waals surface area contributed by atoms with Crippen molar-refractivity contribution in [2.24, 2.45) is 0 Å². The maximum Gasteiger partial charge on any atom is 0.333 e. The lowest BCUT2D eigenvalue weighted by molar-refractivity contribution is -0.135. The molecule has 1 N–H and O–H groups in total. The van der Waals surface area contributed by atoms with Crippen molar-refractivity contribution in [3.63, 3.8) is 0 Å². The Hall–Kier alpha value is -1.77. The fourth-order valence-corrected chi connectivity index (χ4v) is 1.04. The molecule has 0 aliphatic heterocycles. The van der Waals surface area contributed by atoms with Gasteiger partial charge in [0.05, 0.1) is 7.11 Å². The lowest BCUT2D eigenvalue weighted by Gasteiger charge is -1.99. The summed E-state index contributed by atoms with van der Waals surface area (Å²) in [7, 11) is 1.34. The van der Waals surface area contributed by atoms with Crippen LogP contribution in [-0.2, 0) is 9.53 Å². The van der Waals surface area contributed by atoms with E-state index < -0.39 is 0 Å². The molecule has 0 amide bonds. The molecule has 0 atom stereocenters. The van der Waals surface area contributed by atoms with Gasteiger partial charge in [-0.25, -0.2) is 4.79 Å². The van der Waals surface area contributed by atoms with Crippen LogP contribution >= 0.6 is 0 Å². The number of rotatable bonds is 2. The minimum absolute atomic E-state index is 0.206. The predicted octanol–water partition coefficient (Wildman–Crippen LogP) is 1.97. The van der Waals surface area contributed by atoms with Crippen LogP contribution in [0.2, 0.25) is 0 Å². The highest BCUT2D eigenvalue weighted by Gasteiger charge is 2.02. The monoisotopic (exact) mass is 192 g/mol. The van der Waals surface area contributed by atoms with Gasteiger partial charge in [0, 0.05) is 5.57 Å². The van der Waals surface area contributed by atoms with Crippen molar-refractivity contribution < 1.29 is 14.6 Å². The van der Waals surface area contributed by atoms with Crippen molar-refractivity contribution in [2.75, 3.05) is 7.11 Å². The van der Waals surface area contributed by atoms with Crippen LogP contribution in [0.4, 0.5) is 0 Å². The maximum absolute atomic E-state index is 11.0. The average Bonchev–Trinajstić information content (AvgIpc) is 2.20. The number of methoxy groups -OCH3 is 1. The third-order valence-corrected chi connectivity index (χ3v) is 1.78. The van der Waals surface area contributed by atoms with E-state index in [4.69, 9.17) is 5.11 Å². The fourth-order valence-electron chi connectivity index (χ4n) is 1.04. The number of phenolic OH excluding ortho intramolecular Hbond substituents is 1. The molecule has 1 aromatic rings. The summed E-state index contributed by atoms with van der Waals surface area (Å²) in [4.78, 5) is 11.0. The minimum atomic E-state index is -0.349. The van der Waals surface area contributed by atoms with E-state index in [-0.39, 0.29) is 11.7 Å². The van der Waals surface area contributed by atoms with Crippen LogP contribution < -0.4 is 0 Å². The van der Waals surface area contributed by atoms with E-state index in [0.29, 0.717) is 5.57 Å². The molecule has 0 heterocycles. The van der Waals surface area contributed by atoms with Gasteiger partial charge >= 0.3 is 5.97 Å². The summed E-state index contributed by atoms with van der Waals surface area (Å²) in [5, 5.41) is 9.03. The minimum Gasteiger partial charge on any atom is -0.508 e. The standard InChI is InChI=1S/C11H12O3/c1-8(11(13)14-2)7-9-3-5-10(12)6-4-9/h3-7,12H,1-2H3. The lowest BCUT2D eigenvalue weighted by atomic mass is 10.1. The first kappa shape index (κ1) is 10.3. The van der Waals surface area contributed by atoms with E-state index in [1.54, 1.807) is 37.3 Å². The average molecular weight is 192 g/mol. The van der Waals surface area contributed by atoms with Gasteiger partial charge in [-0.2, -0.15) is 0 Å². The molecule has 0 bridgehead atoms. The molecule has 0 saturated heterocycles. The van der Waals surface area contributed by atoms with Crippen LogP contribution in [0.3, 0.4) is 0 Å². The second-order valence-corrected chi connectivity index (χ2v) is 2.91. The van der Waals surface area contributed by atoms with Gasteiger partial charge in [-0.3, -0.25) is 0 Å². The van der Waals surface area contributed by atoms with Gasteiger partial charge in [0.2, 0.25) is 0 Å². The number of esters is 1. The number of hydrogen-bond donors (Lipinski definition) is 1. The number of benzene rings is 1. The summed E-state index contributed by atoms with van der Waals surface area (Å²) in [6, 6.07) is 6.58. The molecule has 3 heteroatoms. The Labute approximate surface area is 82.6 Å². The third kappa shape index (κ3) is 2.62. The van der Waals surface area contributed by atoms with E-state index in [9.17, 15) is 4.79 Å². The van der Waals surface area contributed by atoms with Crippen LogP contribution in [0.5, 0.6) is 5.75 Å². The molecule has 1 rings (SSSR count). The van der Waals surface area contributed by atoms with Crippen LogP contribution in [0.15, 0.2) is 29.8 Å². The van der Waals surface area contributed by atoms with E-state index in [1.165, 1.54) is 7.11 Å². The number of carbonyl (C=O) groups excluding carboxylic acids is 1. The molecule has 3 nitrogen and oxygen atoms in total. The number of aromatic hydroxyl groups is 1. The van der Waals surface area contributed by atoms with Gasteiger partial charge in [-0.15, -0.1) is 0 Å². The van der Waals surface area contributed by atoms with Gasteiger partial charge in [0.25, 0.3) is 0 Å². The van der Waals surface area contributed by atoms with E-state index in [1.807, 2.05) is 0 Å². The first-order valence-electron chi connectivity index (χ1n) is 4.19. The largest absolute Gasteiger partial charge is 0.508 e. The zero-order chi connectivity index (χ0) is 10.6. The Morgan fingerprint density at radius 2 is 1.93 bits per heavy atom. The smallest absolute Gasteiger partial charge is 0.333 e. The summed E-state index contributed by atoms with van der Waals surface area (Å²) in [6.07, 6.45) is 1.70. The van der Waals surface area contributed by atoms with Crippen molar-refractivity contribution in [3.8, 4) is 5.75 Å². The van der Waals surface area contributed by atoms with Crippen LogP contribution in [0.25, 0.3) is 6.08 Å². The molecule has 14 heavy (non-hydrogen) atoms. The van der Waals surface area contributed by atoms with Crippen molar-refractivity contribution >= 4 is 12.0 Å². The molecule has 0 radical (unpaired) electrons. The molecule has 0 aliphatic rings. The molecule has 74 valence electrons. The Morgan fingerprint density at radius 3 is 2.43 bits per heavy atom. The Bertz CT molecular complexity index is 349. The Kier molecular flexibility index (Phi) is 3.29. The van der Waals surface area contributed by atoms with E-state index in [2.05, 4.69) is 4.74 Å². The third-order valence-electron chi connectivity index (χ3n) is 1.78. The highest BCUT2D eigenvalue weighted by Crippen LogP contribution is 2.12. The molecule has 0 aromatic heterocycles. The predicted molar refractivity (Wildman–Crippen MR) is 53.8 cm³/mol. The highest BCUT2D eigenvalue weighted by atomic mass is 16.5. The second kappa shape index (κ2) is 4.46. The molecule has 0 unspecified atom stereocenters. The number of ether oxygens (including phenoxy) is 1. The maximum atomic E-state index is 11.0. The summed E-state index contributed by atoms with van der Waals surface area (Å²) >= 11 is 0. The number of carbonyl (C=O) groups is 1. The molecular formula is C11H12O3. The number of phenols is 1. The highest BCUT2D eigenvalue weighted by molar-refractivity contribution is 5.92. The SMILES string of the molecule is COC(=O)C(C)=Cc1ccc(O)cc1. The van der Waals surface area contributed by atoms with Gasteiger partial charge in [0.15, 0.2) is 0 Å². The Balaban J connectivity index is 2.86. The van der Waals surface area contributed by atoms with Gasteiger partial charge in [-0.05, 0) is 30.7 Å². The topological polar surface area (TPSA) is 46.5 Å².